The van der Waals surface area contributed by atoms with Gasteiger partial charge < -0.3 is 5.11 Å². The van der Waals surface area contributed by atoms with E-state index in [2.05, 4.69) is 0 Å². The molecule has 90 valence electrons. The van der Waals surface area contributed by atoms with Gasteiger partial charge >= 0.3 is 0 Å². The zero-order valence-corrected chi connectivity index (χ0v) is 10.1. The van der Waals surface area contributed by atoms with Gasteiger partial charge in [0, 0.05) is 12.3 Å². The molecule has 0 spiro atoms. The Morgan fingerprint density at radius 2 is 2.06 bits per heavy atom. The zero-order valence-electron chi connectivity index (χ0n) is 10.1. The monoisotopic (exact) mass is 224 g/mol. The molecule has 2 aliphatic rings. The molecule has 2 rings (SSSR count). The van der Waals surface area contributed by atoms with Crippen molar-refractivity contribution in [2.45, 2.75) is 58.0 Å². The smallest absolute Gasteiger partial charge is 0.141 e. The Kier molecular flexibility index (Phi) is 2.69. The van der Waals surface area contributed by atoms with E-state index < -0.39 is 11.0 Å². The van der Waals surface area contributed by atoms with Crippen LogP contribution in [0.3, 0.4) is 0 Å². The molecule has 0 unspecified atom stereocenters. The van der Waals surface area contributed by atoms with Crippen molar-refractivity contribution in [3.63, 3.8) is 0 Å². The molecule has 2 aliphatic carbocycles. The zero-order chi connectivity index (χ0) is 12.0. The van der Waals surface area contributed by atoms with E-state index in [0.29, 0.717) is 19.3 Å². The lowest BCUT2D eigenvalue weighted by molar-refractivity contribution is -0.182. The predicted molar refractivity (Wildman–Crippen MR) is 59.9 cm³/mol. The van der Waals surface area contributed by atoms with Crippen molar-refractivity contribution < 1.29 is 14.7 Å². The Morgan fingerprint density at radius 1 is 1.38 bits per heavy atom. The Morgan fingerprint density at radius 3 is 2.69 bits per heavy atom. The summed E-state index contributed by atoms with van der Waals surface area (Å²) in [4.78, 5) is 23.7. The molecule has 1 N–H and O–H groups in total. The first kappa shape index (κ1) is 11.8. The van der Waals surface area contributed by atoms with Gasteiger partial charge in [0.25, 0.3) is 0 Å². The number of ketones is 2. The number of hydrogen-bond donors (Lipinski definition) is 1. The van der Waals surface area contributed by atoms with Crippen molar-refractivity contribution in [1.82, 2.24) is 0 Å². The second-order valence-electron chi connectivity index (χ2n) is 5.59. The Bertz CT molecular complexity index is 336. The molecular formula is C13H20O3. The highest BCUT2D eigenvalue weighted by molar-refractivity contribution is 5.89. The lowest BCUT2D eigenvalue weighted by Crippen LogP contribution is -2.61. The Balaban J connectivity index is 2.42. The molecule has 0 saturated heterocycles. The first-order valence-corrected chi connectivity index (χ1v) is 6.18. The maximum absolute atomic E-state index is 12.1. The third-order valence-electron chi connectivity index (χ3n) is 4.77. The minimum absolute atomic E-state index is 0.0307. The molecular weight excluding hydrogens is 204 g/mol. The largest absolute Gasteiger partial charge is 0.388 e. The van der Waals surface area contributed by atoms with E-state index in [-0.39, 0.29) is 17.5 Å². The van der Waals surface area contributed by atoms with Crippen LogP contribution in [-0.2, 0) is 9.59 Å². The third-order valence-corrected chi connectivity index (χ3v) is 4.77. The van der Waals surface area contributed by atoms with E-state index >= 15 is 0 Å². The van der Waals surface area contributed by atoms with Gasteiger partial charge in [-0.2, -0.15) is 0 Å². The first-order valence-electron chi connectivity index (χ1n) is 6.18. The molecule has 0 aromatic heterocycles. The van der Waals surface area contributed by atoms with Crippen LogP contribution in [0.15, 0.2) is 0 Å². The van der Waals surface area contributed by atoms with Gasteiger partial charge in [-0.15, -0.1) is 0 Å². The van der Waals surface area contributed by atoms with Gasteiger partial charge in [-0.25, -0.2) is 0 Å². The van der Waals surface area contributed by atoms with Crippen molar-refractivity contribution in [3.05, 3.63) is 0 Å². The molecule has 3 atom stereocenters. The summed E-state index contributed by atoms with van der Waals surface area (Å²) in [5.74, 6) is -0.161. The van der Waals surface area contributed by atoms with Crippen LogP contribution in [0.1, 0.15) is 52.4 Å². The molecule has 3 heteroatoms. The highest BCUT2D eigenvalue weighted by Gasteiger charge is 2.60. The molecule has 2 fully saturated rings. The van der Waals surface area contributed by atoms with Crippen LogP contribution in [-0.4, -0.2) is 22.3 Å². The number of rotatable bonds is 1. The van der Waals surface area contributed by atoms with Crippen molar-refractivity contribution in [1.29, 1.82) is 0 Å². The first-order chi connectivity index (χ1) is 7.42. The third kappa shape index (κ3) is 1.37. The molecule has 0 bridgehead atoms. The summed E-state index contributed by atoms with van der Waals surface area (Å²) >= 11 is 0. The molecule has 0 heterocycles. The summed E-state index contributed by atoms with van der Waals surface area (Å²) in [7, 11) is 0. The fourth-order valence-electron chi connectivity index (χ4n) is 3.66. The quantitative estimate of drug-likeness (QED) is 0.739. The highest BCUT2D eigenvalue weighted by atomic mass is 16.3. The highest BCUT2D eigenvalue weighted by Crippen LogP contribution is 2.53. The summed E-state index contributed by atoms with van der Waals surface area (Å²) in [6.07, 6.45) is 4.20. The van der Waals surface area contributed by atoms with Crippen LogP contribution in [0, 0.1) is 11.3 Å². The van der Waals surface area contributed by atoms with Crippen molar-refractivity contribution in [3.8, 4) is 0 Å². The fourth-order valence-corrected chi connectivity index (χ4v) is 3.66. The maximum atomic E-state index is 12.1. The van der Waals surface area contributed by atoms with E-state index in [1.807, 2.05) is 6.92 Å². The molecule has 0 aliphatic heterocycles. The molecule has 3 nitrogen and oxygen atoms in total. The normalized spacial score (nSPS) is 43.9. The van der Waals surface area contributed by atoms with Crippen molar-refractivity contribution in [2.75, 3.05) is 0 Å². The van der Waals surface area contributed by atoms with E-state index in [1.54, 1.807) is 0 Å². The summed E-state index contributed by atoms with van der Waals surface area (Å²) in [6.45, 7) is 3.39. The Labute approximate surface area is 96.2 Å². The second-order valence-corrected chi connectivity index (χ2v) is 5.59. The van der Waals surface area contributed by atoms with Crippen molar-refractivity contribution in [2.24, 2.45) is 11.3 Å². The molecule has 2 saturated carbocycles. The lowest BCUT2D eigenvalue weighted by Gasteiger charge is -2.53. The van der Waals surface area contributed by atoms with Crippen molar-refractivity contribution >= 4 is 11.6 Å². The van der Waals surface area contributed by atoms with Crippen LogP contribution >= 0.6 is 0 Å². The van der Waals surface area contributed by atoms with E-state index in [0.717, 1.165) is 19.3 Å². The number of aliphatic hydroxyl groups is 1. The maximum Gasteiger partial charge on any atom is 0.141 e. The lowest BCUT2D eigenvalue weighted by atomic mass is 9.52. The number of carbonyl (C=O) groups excluding carboxylic acids is 2. The molecule has 16 heavy (non-hydrogen) atoms. The minimum atomic E-state index is -1.08. The average Bonchev–Trinajstić information content (AvgIpc) is 2.20. The van der Waals surface area contributed by atoms with Crippen LogP contribution in [0.4, 0.5) is 0 Å². The van der Waals surface area contributed by atoms with Gasteiger partial charge in [0.15, 0.2) is 0 Å². The summed E-state index contributed by atoms with van der Waals surface area (Å²) < 4.78 is 0. The number of fused-ring (bicyclic) bond motifs is 1. The van der Waals surface area contributed by atoms with Gasteiger partial charge in [-0.3, -0.25) is 9.59 Å². The van der Waals surface area contributed by atoms with Gasteiger partial charge in [0.05, 0.1) is 11.0 Å². The van der Waals surface area contributed by atoms with E-state index in [4.69, 9.17) is 0 Å². The summed E-state index contributed by atoms with van der Waals surface area (Å²) in [6, 6.07) is 0. The standard InChI is InChI=1S/C13H20O3/c1-9(14)10-5-3-7-12(2)11(15)6-4-8-13(10,12)16/h10,16H,3-8H2,1-2H3/t10-,12-,13+/m1/s1. The van der Waals surface area contributed by atoms with E-state index in [9.17, 15) is 14.7 Å². The van der Waals surface area contributed by atoms with Gasteiger partial charge in [0.2, 0.25) is 0 Å². The van der Waals surface area contributed by atoms with Gasteiger partial charge in [-0.1, -0.05) is 6.42 Å². The van der Waals surface area contributed by atoms with Crippen LogP contribution in [0.5, 0.6) is 0 Å². The predicted octanol–water partition coefficient (Wildman–Crippen LogP) is 1.87. The molecule has 0 radical (unpaired) electrons. The van der Waals surface area contributed by atoms with Gasteiger partial charge in [0.1, 0.15) is 11.6 Å². The van der Waals surface area contributed by atoms with E-state index in [1.165, 1.54) is 6.92 Å². The van der Waals surface area contributed by atoms with Crippen LogP contribution in [0.25, 0.3) is 0 Å². The topological polar surface area (TPSA) is 54.4 Å². The SMILES string of the molecule is CC(=O)[C@H]1CCC[C@]2(C)C(=O)CCC[C@]12O. The minimum Gasteiger partial charge on any atom is -0.388 e. The fraction of sp³-hybridized carbons (Fsp3) is 0.846. The Hall–Kier alpha value is -0.700. The van der Waals surface area contributed by atoms with Crippen LogP contribution in [0.2, 0.25) is 0 Å². The molecule has 0 amide bonds. The number of hydrogen-bond acceptors (Lipinski definition) is 3. The van der Waals surface area contributed by atoms with Gasteiger partial charge in [-0.05, 0) is 39.5 Å². The number of carbonyl (C=O) groups is 2. The number of Topliss-reactive ketones (excluding diaryl/α,β-unsaturated/α-hetero) is 2. The van der Waals surface area contributed by atoms with Crippen LogP contribution < -0.4 is 0 Å². The second kappa shape index (κ2) is 3.66. The summed E-state index contributed by atoms with van der Waals surface area (Å²) in [5, 5.41) is 10.8. The average molecular weight is 224 g/mol. The molecule has 0 aromatic rings. The summed E-state index contributed by atoms with van der Waals surface area (Å²) in [5.41, 5.74) is -1.76. The molecule has 0 aromatic carbocycles.